The van der Waals surface area contributed by atoms with Gasteiger partial charge in [-0.15, -0.1) is 0 Å². The van der Waals surface area contributed by atoms with Crippen LogP contribution in [0.2, 0.25) is 0 Å². The van der Waals surface area contributed by atoms with Crippen LogP contribution < -0.4 is 14.9 Å². The standard InChI is InChI=1S/C31H33NO5/c33-25-20-26(24-14-6-2-7-15-24)37-27-21-28(36-22-23-12-4-1-5-13-23)31(30(34)29(25)27)35-19-11-10-18-32-16-8-3-9-17-32/h1-2,4-7,12-15,20-21,34H,3,8-11,16-19,22H2. The number of nitrogens with zero attached hydrogens (tertiary/aromatic N) is 1. The minimum absolute atomic E-state index is 0.0926. The lowest BCUT2D eigenvalue weighted by molar-refractivity contribution is 0.211. The van der Waals surface area contributed by atoms with Crippen LogP contribution in [0.4, 0.5) is 0 Å². The first-order valence-corrected chi connectivity index (χ1v) is 13.1. The van der Waals surface area contributed by atoms with Crippen molar-refractivity contribution < 1.29 is 19.0 Å². The van der Waals surface area contributed by atoms with Crippen LogP contribution >= 0.6 is 0 Å². The van der Waals surface area contributed by atoms with Crippen molar-refractivity contribution in [3.63, 3.8) is 0 Å². The predicted octanol–water partition coefficient (Wildman–Crippen LogP) is 6.39. The van der Waals surface area contributed by atoms with E-state index >= 15 is 0 Å². The zero-order chi connectivity index (χ0) is 25.5. The number of ether oxygens (including phenoxy) is 2. The topological polar surface area (TPSA) is 72.1 Å². The maximum atomic E-state index is 13.1. The number of phenols is 1. The van der Waals surface area contributed by atoms with Gasteiger partial charge in [0.1, 0.15) is 23.3 Å². The summed E-state index contributed by atoms with van der Waals surface area (Å²) < 4.78 is 18.2. The maximum absolute atomic E-state index is 13.1. The maximum Gasteiger partial charge on any atom is 0.204 e. The smallest absolute Gasteiger partial charge is 0.204 e. The van der Waals surface area contributed by atoms with E-state index in [4.69, 9.17) is 13.9 Å². The summed E-state index contributed by atoms with van der Waals surface area (Å²) in [6.07, 6.45) is 5.73. The Kier molecular flexibility index (Phi) is 8.06. The number of phenolic OH excluding ortho intramolecular Hbond substituents is 1. The van der Waals surface area contributed by atoms with E-state index in [1.807, 2.05) is 60.7 Å². The zero-order valence-corrected chi connectivity index (χ0v) is 21.0. The van der Waals surface area contributed by atoms with Gasteiger partial charge < -0.3 is 23.9 Å². The van der Waals surface area contributed by atoms with Crippen LogP contribution in [0.5, 0.6) is 17.2 Å². The zero-order valence-electron chi connectivity index (χ0n) is 21.0. The highest BCUT2D eigenvalue weighted by Crippen LogP contribution is 2.43. The van der Waals surface area contributed by atoms with Crippen LogP contribution in [0, 0.1) is 0 Å². The Balaban J connectivity index is 1.40. The Hall–Kier alpha value is -3.77. The van der Waals surface area contributed by atoms with Gasteiger partial charge in [0.15, 0.2) is 16.9 Å². The van der Waals surface area contributed by atoms with Crippen LogP contribution in [-0.2, 0) is 6.61 Å². The van der Waals surface area contributed by atoms with Crippen LogP contribution in [0.3, 0.4) is 0 Å². The van der Waals surface area contributed by atoms with E-state index in [1.165, 1.54) is 38.4 Å². The third kappa shape index (κ3) is 6.15. The number of hydrogen-bond acceptors (Lipinski definition) is 6. The van der Waals surface area contributed by atoms with E-state index in [1.54, 1.807) is 6.07 Å². The van der Waals surface area contributed by atoms with Gasteiger partial charge >= 0.3 is 0 Å². The number of fused-ring (bicyclic) bond motifs is 1. The number of benzene rings is 3. The fourth-order valence-corrected chi connectivity index (χ4v) is 4.78. The van der Waals surface area contributed by atoms with E-state index in [0.717, 1.165) is 30.5 Å². The van der Waals surface area contributed by atoms with Gasteiger partial charge in [-0.25, -0.2) is 0 Å². The lowest BCUT2D eigenvalue weighted by Crippen LogP contribution is -2.30. The summed E-state index contributed by atoms with van der Waals surface area (Å²) in [5, 5.41) is 11.2. The summed E-state index contributed by atoms with van der Waals surface area (Å²) >= 11 is 0. The molecule has 1 aliphatic heterocycles. The van der Waals surface area contributed by atoms with Gasteiger partial charge in [0, 0.05) is 17.7 Å². The second-order valence-electron chi connectivity index (χ2n) is 9.50. The van der Waals surface area contributed by atoms with Gasteiger partial charge in [0.25, 0.3) is 0 Å². The molecule has 6 nitrogen and oxygen atoms in total. The van der Waals surface area contributed by atoms with Crippen LogP contribution in [-0.4, -0.2) is 36.2 Å². The van der Waals surface area contributed by atoms with E-state index in [9.17, 15) is 9.90 Å². The molecule has 0 bridgehead atoms. The Morgan fingerprint density at radius 3 is 2.35 bits per heavy atom. The molecule has 1 saturated heterocycles. The van der Waals surface area contributed by atoms with E-state index < -0.39 is 0 Å². The predicted molar refractivity (Wildman–Crippen MR) is 145 cm³/mol. The third-order valence-corrected chi connectivity index (χ3v) is 6.77. The lowest BCUT2D eigenvalue weighted by atomic mass is 10.1. The van der Waals surface area contributed by atoms with Crippen molar-refractivity contribution in [1.29, 1.82) is 0 Å². The molecule has 1 fully saturated rings. The number of rotatable bonds is 10. The average Bonchev–Trinajstić information content (AvgIpc) is 2.94. The van der Waals surface area contributed by atoms with E-state index in [0.29, 0.717) is 24.7 Å². The molecule has 3 aromatic carbocycles. The van der Waals surface area contributed by atoms with Crippen molar-refractivity contribution >= 4 is 11.0 Å². The summed E-state index contributed by atoms with van der Waals surface area (Å²) in [6, 6.07) is 22.2. The van der Waals surface area contributed by atoms with Crippen LogP contribution in [0.1, 0.15) is 37.7 Å². The Bertz CT molecular complexity index is 1360. The first-order valence-electron chi connectivity index (χ1n) is 13.1. The quantitative estimate of drug-likeness (QED) is 0.255. The fraction of sp³-hybridized carbons (Fsp3) is 0.323. The van der Waals surface area contributed by atoms with Crippen LogP contribution in [0.25, 0.3) is 22.3 Å². The molecule has 1 N–H and O–H groups in total. The molecular weight excluding hydrogens is 466 g/mol. The molecule has 192 valence electrons. The summed E-state index contributed by atoms with van der Waals surface area (Å²) in [7, 11) is 0. The molecule has 5 rings (SSSR count). The summed E-state index contributed by atoms with van der Waals surface area (Å²) in [5.41, 5.74) is 1.68. The molecule has 0 unspecified atom stereocenters. The molecule has 37 heavy (non-hydrogen) atoms. The first kappa shape index (κ1) is 24.9. The minimum atomic E-state index is -0.331. The SMILES string of the molecule is O=c1cc(-c2ccccc2)oc2cc(OCc3ccccc3)c(OCCCCN3CCCCC3)c(O)c12. The lowest BCUT2D eigenvalue weighted by Gasteiger charge is -2.26. The first-order chi connectivity index (χ1) is 18.2. The van der Waals surface area contributed by atoms with Gasteiger partial charge in [0.05, 0.1) is 6.61 Å². The highest BCUT2D eigenvalue weighted by atomic mass is 16.5. The molecule has 0 amide bonds. The second-order valence-corrected chi connectivity index (χ2v) is 9.50. The molecule has 0 saturated carbocycles. The van der Waals surface area contributed by atoms with Gasteiger partial charge in [-0.1, -0.05) is 67.1 Å². The number of unbranched alkanes of at least 4 members (excludes halogenated alkanes) is 1. The largest absolute Gasteiger partial charge is 0.504 e. The number of hydrogen-bond donors (Lipinski definition) is 1. The van der Waals surface area contributed by atoms with Gasteiger partial charge in [-0.05, 0) is 50.9 Å². The molecule has 6 heteroatoms. The molecule has 1 aliphatic rings. The van der Waals surface area contributed by atoms with Crippen molar-refractivity contribution in [2.24, 2.45) is 0 Å². The molecule has 0 aliphatic carbocycles. The van der Waals surface area contributed by atoms with Crippen molar-refractivity contribution in [3.8, 4) is 28.6 Å². The molecule has 1 aromatic heterocycles. The van der Waals surface area contributed by atoms with Crippen molar-refractivity contribution in [3.05, 3.63) is 88.6 Å². The Morgan fingerprint density at radius 2 is 1.59 bits per heavy atom. The molecule has 2 heterocycles. The summed E-state index contributed by atoms with van der Waals surface area (Å²) in [4.78, 5) is 15.6. The van der Waals surface area contributed by atoms with Gasteiger partial charge in [-0.2, -0.15) is 0 Å². The highest BCUT2D eigenvalue weighted by molar-refractivity contribution is 5.89. The Labute approximate surface area is 217 Å². The van der Waals surface area contributed by atoms with Gasteiger partial charge in [-0.3, -0.25) is 4.79 Å². The normalized spacial score (nSPS) is 14.1. The molecule has 4 aromatic rings. The third-order valence-electron chi connectivity index (χ3n) is 6.77. The number of piperidine rings is 1. The molecule has 0 spiro atoms. The fourth-order valence-electron chi connectivity index (χ4n) is 4.78. The van der Waals surface area contributed by atoms with Crippen molar-refractivity contribution in [2.45, 2.75) is 38.7 Å². The second kappa shape index (κ2) is 12.0. The minimum Gasteiger partial charge on any atom is -0.504 e. The molecule has 0 atom stereocenters. The van der Waals surface area contributed by atoms with Gasteiger partial charge in [0.2, 0.25) is 5.75 Å². The highest BCUT2D eigenvalue weighted by Gasteiger charge is 2.21. The van der Waals surface area contributed by atoms with E-state index in [-0.39, 0.29) is 27.9 Å². The van der Waals surface area contributed by atoms with Crippen molar-refractivity contribution in [1.82, 2.24) is 4.90 Å². The summed E-state index contributed by atoms with van der Waals surface area (Å²) in [6.45, 7) is 4.10. The van der Waals surface area contributed by atoms with Crippen LogP contribution in [0.15, 0.2) is 82.0 Å². The Morgan fingerprint density at radius 1 is 0.865 bits per heavy atom. The van der Waals surface area contributed by atoms with E-state index in [2.05, 4.69) is 4.90 Å². The van der Waals surface area contributed by atoms with Crippen molar-refractivity contribution in [2.75, 3.05) is 26.2 Å². The average molecular weight is 500 g/mol. The number of aromatic hydroxyl groups is 1. The number of likely N-dealkylation sites (tertiary alicyclic amines) is 1. The monoisotopic (exact) mass is 499 g/mol. The summed E-state index contributed by atoms with van der Waals surface area (Å²) in [5.74, 6) is 0.710. The molecular formula is C31H33NO5. The molecule has 0 radical (unpaired) electrons.